The molecule has 2 fully saturated rings. The zero-order chi connectivity index (χ0) is 33.6. The van der Waals surface area contributed by atoms with Crippen LogP contribution in [0.3, 0.4) is 0 Å². The number of nitrogens with zero attached hydrogens (tertiary/aromatic N) is 1. The minimum absolute atomic E-state index is 0.0168. The normalized spacial score (nSPS) is 19.1. The molecule has 4 atom stereocenters. The number of hydrogen-bond donors (Lipinski definition) is 1. The zero-order valence-corrected chi connectivity index (χ0v) is 30.1. The van der Waals surface area contributed by atoms with Crippen LogP contribution < -0.4 is 5.32 Å². The van der Waals surface area contributed by atoms with E-state index in [4.69, 9.17) is 13.7 Å². The van der Waals surface area contributed by atoms with Gasteiger partial charge in [-0.1, -0.05) is 54.3 Å². The van der Waals surface area contributed by atoms with Gasteiger partial charge in [0.05, 0.1) is 31.7 Å². The van der Waals surface area contributed by atoms with Gasteiger partial charge in [-0.05, 0) is 108 Å². The predicted molar refractivity (Wildman–Crippen MR) is 186 cm³/mol. The first kappa shape index (κ1) is 40.0. The number of alkyl carbamates (subject to hydrolysis) is 1. The van der Waals surface area contributed by atoms with Crippen molar-refractivity contribution < 1.29 is 32.8 Å². The molecule has 0 heterocycles. The fourth-order valence-electron chi connectivity index (χ4n) is 5.36. The molecule has 46 heavy (non-hydrogen) atoms. The number of unbranched alkanes of at least 4 members (excludes halogenated alkanes) is 4. The summed E-state index contributed by atoms with van der Waals surface area (Å²) in [5.74, 6) is 0.302. The number of rotatable bonds is 20. The Kier molecular flexibility index (Phi) is 20.9. The molecule has 2 saturated carbocycles. The molecule has 1 amide bonds. The van der Waals surface area contributed by atoms with Gasteiger partial charge in [-0.3, -0.25) is 9.69 Å². The first-order valence-corrected chi connectivity index (χ1v) is 18.2. The molecule has 2 aliphatic carbocycles. The number of likely N-dealkylation sites (N-methyl/N-ethyl adjacent to an activating group) is 1. The summed E-state index contributed by atoms with van der Waals surface area (Å²) in [5, 5.41) is 2.67. The highest BCUT2D eigenvalue weighted by Gasteiger charge is 2.35. The van der Waals surface area contributed by atoms with Crippen LogP contribution in [0.4, 0.5) is 4.79 Å². The number of benzene rings is 1. The lowest BCUT2D eigenvalue weighted by Gasteiger charge is -2.31. The Bertz CT molecular complexity index is 1050. The summed E-state index contributed by atoms with van der Waals surface area (Å²) in [6, 6.07) is 7.42. The van der Waals surface area contributed by atoms with Crippen molar-refractivity contribution in [3.05, 3.63) is 40.9 Å². The Labute approximate surface area is 288 Å². The molecular weight excluding hydrogens is 672 g/mol. The largest absolute Gasteiger partial charge is 0.469 e. The van der Waals surface area contributed by atoms with Crippen LogP contribution in [-0.2, 0) is 28.0 Å². The van der Waals surface area contributed by atoms with Crippen LogP contribution in [0.15, 0.2) is 45.8 Å². The van der Waals surface area contributed by atoms with Gasteiger partial charge in [0.2, 0.25) is 0 Å². The van der Waals surface area contributed by atoms with Crippen molar-refractivity contribution in [2.24, 2.45) is 11.8 Å². The molecule has 0 bridgehead atoms. The van der Waals surface area contributed by atoms with Crippen LogP contribution in [0.1, 0.15) is 90.4 Å². The van der Waals surface area contributed by atoms with Gasteiger partial charge in [-0.15, -0.1) is 0 Å². The van der Waals surface area contributed by atoms with Gasteiger partial charge >= 0.3 is 12.1 Å². The summed E-state index contributed by atoms with van der Waals surface area (Å²) in [4.78, 5) is 48.5. The minimum atomic E-state index is -0.463. The number of carbonyl (C=O) groups is 4. The number of halogens is 1. The Morgan fingerprint density at radius 1 is 1.02 bits per heavy atom. The maximum absolute atomic E-state index is 11.8. The number of carbonyl (C=O) groups excluding carboxylic acids is 4. The maximum atomic E-state index is 11.8. The number of nitrogens with one attached hydrogen (secondary N) is 1. The van der Waals surface area contributed by atoms with Crippen molar-refractivity contribution in [1.29, 1.82) is 0 Å². The summed E-state index contributed by atoms with van der Waals surface area (Å²) in [5.41, 5.74) is 0. The van der Waals surface area contributed by atoms with Crippen molar-refractivity contribution in [3.8, 4) is 0 Å². The topological polar surface area (TPSA) is 111 Å². The SMILES string of the molecule is CCN(C)[C@H](C=O)CCOSc1ccc(Br)cc1.COC(=O)[C@H]1CC[C@H]1/C=C\CCCCCC[C@@H](C=O)NC(=O)OC1CCCC1. The van der Waals surface area contributed by atoms with Crippen molar-refractivity contribution >= 4 is 52.6 Å². The lowest BCUT2D eigenvalue weighted by molar-refractivity contribution is -0.150. The molecule has 0 aliphatic heterocycles. The van der Waals surface area contributed by atoms with Gasteiger partial charge in [-0.25, -0.2) is 4.79 Å². The van der Waals surface area contributed by atoms with E-state index in [0.717, 1.165) is 106 Å². The Morgan fingerprint density at radius 2 is 1.74 bits per heavy atom. The van der Waals surface area contributed by atoms with Crippen LogP contribution in [0, 0.1) is 11.8 Å². The highest BCUT2D eigenvalue weighted by molar-refractivity contribution is 9.10. The average Bonchev–Trinajstić information content (AvgIpc) is 3.56. The lowest BCUT2D eigenvalue weighted by atomic mass is 9.73. The summed E-state index contributed by atoms with van der Waals surface area (Å²) in [6.45, 7) is 3.46. The summed E-state index contributed by atoms with van der Waals surface area (Å²) >= 11 is 4.73. The van der Waals surface area contributed by atoms with Gasteiger partial charge in [0, 0.05) is 21.4 Å². The van der Waals surface area contributed by atoms with Gasteiger partial charge < -0.3 is 28.6 Å². The van der Waals surface area contributed by atoms with E-state index in [1.807, 2.05) is 43.1 Å². The maximum Gasteiger partial charge on any atom is 0.407 e. The molecule has 0 unspecified atom stereocenters. The molecule has 2 aliphatic rings. The van der Waals surface area contributed by atoms with Crippen LogP contribution in [0.25, 0.3) is 0 Å². The molecule has 3 rings (SSSR count). The molecule has 0 aromatic heterocycles. The predicted octanol–water partition coefficient (Wildman–Crippen LogP) is 7.70. The molecule has 258 valence electrons. The molecule has 1 aromatic rings. The molecule has 1 N–H and O–H groups in total. The third kappa shape index (κ3) is 16.1. The van der Waals surface area contributed by atoms with Crippen molar-refractivity contribution in [3.63, 3.8) is 0 Å². The van der Waals surface area contributed by atoms with Gasteiger partial charge in [0.1, 0.15) is 18.7 Å². The summed E-state index contributed by atoms with van der Waals surface area (Å²) < 4.78 is 16.7. The second kappa shape index (κ2) is 24.0. The van der Waals surface area contributed by atoms with Crippen LogP contribution in [0.2, 0.25) is 0 Å². The minimum Gasteiger partial charge on any atom is -0.469 e. The number of ether oxygens (including phenoxy) is 2. The monoisotopic (exact) mass is 724 g/mol. The highest BCUT2D eigenvalue weighted by Crippen LogP contribution is 2.36. The third-order valence-corrected chi connectivity index (χ3v) is 9.86. The molecule has 9 nitrogen and oxygen atoms in total. The van der Waals surface area contributed by atoms with Crippen LogP contribution >= 0.6 is 28.0 Å². The number of aldehydes is 2. The summed E-state index contributed by atoms with van der Waals surface area (Å²) in [7, 11) is 3.39. The van der Waals surface area contributed by atoms with Crippen molar-refractivity contribution in [2.45, 2.75) is 113 Å². The molecule has 1 aromatic carbocycles. The third-order valence-electron chi connectivity index (χ3n) is 8.58. The summed E-state index contributed by atoms with van der Waals surface area (Å²) in [6.07, 6.45) is 18.3. The number of esters is 1. The Balaban J connectivity index is 0.000000353. The fraction of sp³-hybridized carbons (Fsp3) is 0.657. The highest BCUT2D eigenvalue weighted by atomic mass is 79.9. The van der Waals surface area contributed by atoms with E-state index in [-0.39, 0.29) is 24.0 Å². The molecular formula is C35H53BrN2O7S. The van der Waals surface area contributed by atoms with E-state index in [0.29, 0.717) is 18.9 Å². The first-order valence-electron chi connectivity index (χ1n) is 16.7. The van der Waals surface area contributed by atoms with Crippen LogP contribution in [-0.4, -0.2) is 75.0 Å². The number of amides is 1. The molecule has 0 radical (unpaired) electrons. The van der Waals surface area contributed by atoms with E-state index < -0.39 is 12.1 Å². The van der Waals surface area contributed by atoms with Gasteiger partial charge in [-0.2, -0.15) is 0 Å². The number of hydrogen-bond acceptors (Lipinski definition) is 9. The van der Waals surface area contributed by atoms with E-state index in [1.54, 1.807) is 0 Å². The second-order valence-corrected chi connectivity index (χ2v) is 13.7. The Hall–Kier alpha value is -2.21. The van der Waals surface area contributed by atoms with E-state index in [9.17, 15) is 19.2 Å². The smallest absolute Gasteiger partial charge is 0.407 e. The lowest BCUT2D eigenvalue weighted by Crippen LogP contribution is -2.37. The van der Waals surface area contributed by atoms with Gasteiger partial charge in [0.15, 0.2) is 0 Å². The van der Waals surface area contributed by atoms with E-state index >= 15 is 0 Å². The zero-order valence-electron chi connectivity index (χ0n) is 27.7. The molecule has 11 heteroatoms. The number of allylic oxidation sites excluding steroid dienone is 2. The second-order valence-electron chi connectivity index (χ2n) is 11.9. The quantitative estimate of drug-likeness (QED) is 0.0475. The van der Waals surface area contributed by atoms with E-state index in [1.165, 1.54) is 19.2 Å². The fourth-order valence-corrected chi connectivity index (χ4v) is 6.19. The number of methoxy groups -OCH3 is 1. The van der Waals surface area contributed by atoms with Gasteiger partial charge in [0.25, 0.3) is 0 Å². The molecule has 0 saturated heterocycles. The van der Waals surface area contributed by atoms with E-state index in [2.05, 4.69) is 33.4 Å². The Morgan fingerprint density at radius 3 is 2.35 bits per heavy atom. The first-order chi connectivity index (χ1) is 22.3. The van der Waals surface area contributed by atoms with Crippen molar-refractivity contribution in [2.75, 3.05) is 27.3 Å². The van der Waals surface area contributed by atoms with Crippen molar-refractivity contribution in [1.82, 2.24) is 10.2 Å². The van der Waals surface area contributed by atoms with Crippen LogP contribution in [0.5, 0.6) is 0 Å². The average molecular weight is 726 g/mol. The molecule has 0 spiro atoms. The standard InChI is InChI=1S/C22H35NO5.C13H18BrNO2S/c1-27-21(25)20-15-14-17(20)10-6-4-2-3-5-7-11-18(16-24)23-22(26)28-19-12-8-9-13-19;1-3-15(2)12(10-16)8-9-17-18-13-6-4-11(14)5-7-13/h6,10,16-20H,2-5,7-9,11-15H2,1H3,(H,23,26);4-7,10,12H,3,8-9H2,1-2H3/b10-6-;/t17-,18+,20+;12-/m10/s1.